The molecule has 0 unspecified atom stereocenters. The van der Waals surface area contributed by atoms with Crippen LogP contribution in [0.3, 0.4) is 0 Å². The Balaban J connectivity index is 3.40. The first-order valence-electron chi connectivity index (χ1n) is 6.74. The quantitative estimate of drug-likeness (QED) is 0.336. The Morgan fingerprint density at radius 1 is 1.09 bits per heavy atom. The van der Waals surface area contributed by atoms with Crippen molar-refractivity contribution in [2.24, 2.45) is 7.05 Å². The first-order chi connectivity index (χ1) is 10.8. The topological polar surface area (TPSA) is 77.8 Å². The molecule has 1 aromatic rings. The van der Waals surface area contributed by atoms with Gasteiger partial charge in [0.1, 0.15) is 0 Å². The van der Waals surface area contributed by atoms with Crippen LogP contribution in [0.15, 0.2) is 41.8 Å². The molecule has 0 radical (unpaired) electrons. The molecule has 0 amide bonds. The highest BCUT2D eigenvalue weighted by Crippen LogP contribution is 2.16. The van der Waals surface area contributed by atoms with E-state index in [4.69, 9.17) is 0 Å². The van der Waals surface area contributed by atoms with Crippen LogP contribution in [0, 0.1) is 0 Å². The predicted octanol–water partition coefficient (Wildman–Crippen LogP) is 0.926. The third-order valence-corrected chi connectivity index (χ3v) is 2.96. The number of nitrogens with zero attached hydrogens (tertiary/aromatic N) is 2. The second kappa shape index (κ2) is 7.98. The molecule has 7 nitrogen and oxygen atoms in total. The van der Waals surface area contributed by atoms with E-state index in [1.165, 1.54) is 20.4 Å². The minimum Gasteiger partial charge on any atom is -0.465 e. The van der Waals surface area contributed by atoms with E-state index >= 15 is 0 Å². The zero-order chi connectivity index (χ0) is 17.6. The average molecular weight is 320 g/mol. The number of aryl methyl sites for hydroxylation is 1. The molecular weight excluding hydrogens is 300 g/mol. The molecular formula is C16H20N2O5. The number of aromatic nitrogens is 1. The Morgan fingerprint density at radius 2 is 1.65 bits per heavy atom. The van der Waals surface area contributed by atoms with Gasteiger partial charge in [0.25, 0.3) is 0 Å². The number of allylic oxidation sites excluding steroid dienone is 1. The van der Waals surface area contributed by atoms with E-state index in [2.05, 4.69) is 9.47 Å². The Labute approximate surface area is 134 Å². The van der Waals surface area contributed by atoms with E-state index in [1.807, 2.05) is 0 Å². The summed E-state index contributed by atoms with van der Waals surface area (Å²) >= 11 is 0. The third-order valence-electron chi connectivity index (χ3n) is 2.96. The fourth-order valence-corrected chi connectivity index (χ4v) is 1.88. The van der Waals surface area contributed by atoms with Gasteiger partial charge in [-0.3, -0.25) is 4.79 Å². The molecule has 124 valence electrons. The number of hydrogen-bond acceptors (Lipinski definition) is 6. The standard InChI is InChI=1S/C16H20N2O5/c1-17(2)10-12(16(21)23-5)11(15(20)22-4)9-14(19)13-7-6-8-18(13)3/h6-10H,1-5H3/b11-9+,12-10+. The van der Waals surface area contributed by atoms with Crippen molar-refractivity contribution < 1.29 is 23.9 Å². The maximum absolute atomic E-state index is 12.4. The van der Waals surface area contributed by atoms with Crippen molar-refractivity contribution in [3.8, 4) is 0 Å². The fraction of sp³-hybridized carbons (Fsp3) is 0.312. The summed E-state index contributed by atoms with van der Waals surface area (Å²) in [5.74, 6) is -1.97. The second-order valence-corrected chi connectivity index (χ2v) is 4.92. The highest BCUT2D eigenvalue weighted by molar-refractivity contribution is 6.14. The summed E-state index contributed by atoms with van der Waals surface area (Å²) in [7, 11) is 7.43. The molecule has 7 heteroatoms. The minimum absolute atomic E-state index is 0.0630. The van der Waals surface area contributed by atoms with Crippen LogP contribution in [0.4, 0.5) is 0 Å². The zero-order valence-corrected chi connectivity index (χ0v) is 13.8. The molecule has 0 fully saturated rings. The molecule has 0 N–H and O–H groups in total. The van der Waals surface area contributed by atoms with Gasteiger partial charge in [0.15, 0.2) is 0 Å². The highest BCUT2D eigenvalue weighted by atomic mass is 16.5. The van der Waals surface area contributed by atoms with E-state index in [0.29, 0.717) is 5.69 Å². The number of hydrogen-bond donors (Lipinski definition) is 0. The number of rotatable bonds is 6. The first-order valence-corrected chi connectivity index (χ1v) is 6.74. The van der Waals surface area contributed by atoms with E-state index in [1.54, 1.807) is 48.9 Å². The lowest BCUT2D eigenvalue weighted by Crippen LogP contribution is -2.19. The molecule has 23 heavy (non-hydrogen) atoms. The highest BCUT2D eigenvalue weighted by Gasteiger charge is 2.24. The molecule has 0 aliphatic carbocycles. The SMILES string of the molecule is COC(=O)C(=C/C(=O)c1cccn1C)/C(=C\N(C)C)C(=O)OC. The summed E-state index contributed by atoms with van der Waals surface area (Å²) in [5.41, 5.74) is 0.145. The van der Waals surface area contributed by atoms with Crippen LogP contribution in [0.25, 0.3) is 0 Å². The summed E-state index contributed by atoms with van der Waals surface area (Å²) < 4.78 is 11.0. The predicted molar refractivity (Wildman–Crippen MR) is 83.6 cm³/mol. The molecule has 0 aliphatic rings. The van der Waals surface area contributed by atoms with E-state index in [-0.39, 0.29) is 11.1 Å². The molecule has 0 bridgehead atoms. The summed E-state index contributed by atoms with van der Waals surface area (Å²) in [6.45, 7) is 0. The maximum atomic E-state index is 12.4. The van der Waals surface area contributed by atoms with E-state index < -0.39 is 17.7 Å². The molecule has 0 atom stereocenters. The molecule has 0 aromatic carbocycles. The minimum atomic E-state index is -0.800. The lowest BCUT2D eigenvalue weighted by atomic mass is 10.0. The van der Waals surface area contributed by atoms with Crippen molar-refractivity contribution in [1.82, 2.24) is 9.47 Å². The fourth-order valence-electron chi connectivity index (χ4n) is 1.88. The Bertz CT molecular complexity index is 668. The van der Waals surface area contributed by atoms with Gasteiger partial charge in [0.05, 0.1) is 31.1 Å². The number of carbonyl (C=O) groups excluding carboxylic acids is 3. The second-order valence-electron chi connectivity index (χ2n) is 4.92. The van der Waals surface area contributed by atoms with Crippen LogP contribution in [0.1, 0.15) is 10.5 Å². The van der Waals surface area contributed by atoms with Gasteiger partial charge in [0.2, 0.25) is 5.78 Å². The van der Waals surface area contributed by atoms with Crippen molar-refractivity contribution in [1.29, 1.82) is 0 Å². The van der Waals surface area contributed by atoms with Crippen LogP contribution in [-0.4, -0.2) is 55.5 Å². The van der Waals surface area contributed by atoms with Crippen LogP contribution >= 0.6 is 0 Å². The van der Waals surface area contributed by atoms with Gasteiger partial charge in [-0.1, -0.05) is 0 Å². The monoisotopic (exact) mass is 320 g/mol. The van der Waals surface area contributed by atoms with E-state index in [9.17, 15) is 14.4 Å². The normalized spacial score (nSPS) is 11.9. The number of carbonyl (C=O) groups is 3. The summed E-state index contributed by atoms with van der Waals surface area (Å²) in [6, 6.07) is 3.32. The van der Waals surface area contributed by atoms with Crippen LogP contribution < -0.4 is 0 Å². The van der Waals surface area contributed by atoms with Gasteiger partial charge < -0.3 is 18.9 Å². The lowest BCUT2D eigenvalue weighted by molar-refractivity contribution is -0.139. The Kier molecular flexibility index (Phi) is 6.32. The van der Waals surface area contributed by atoms with Crippen molar-refractivity contribution in [3.63, 3.8) is 0 Å². The number of esters is 2. The van der Waals surface area contributed by atoms with Gasteiger partial charge >= 0.3 is 11.9 Å². The van der Waals surface area contributed by atoms with Gasteiger partial charge in [-0.15, -0.1) is 0 Å². The van der Waals surface area contributed by atoms with Gasteiger partial charge in [-0.05, 0) is 12.1 Å². The van der Waals surface area contributed by atoms with Gasteiger partial charge in [-0.25, -0.2) is 9.59 Å². The van der Waals surface area contributed by atoms with Crippen LogP contribution in [0.2, 0.25) is 0 Å². The molecule has 0 saturated heterocycles. The smallest absolute Gasteiger partial charge is 0.340 e. The molecule has 0 aliphatic heterocycles. The number of ketones is 1. The van der Waals surface area contributed by atoms with Crippen LogP contribution in [-0.2, 0) is 26.1 Å². The van der Waals surface area contributed by atoms with Gasteiger partial charge in [0, 0.05) is 39.6 Å². The molecule has 1 heterocycles. The van der Waals surface area contributed by atoms with E-state index in [0.717, 1.165) is 6.08 Å². The molecule has 1 rings (SSSR count). The Hall–Kier alpha value is -2.83. The molecule has 1 aromatic heterocycles. The largest absolute Gasteiger partial charge is 0.465 e. The van der Waals surface area contributed by atoms with Gasteiger partial charge in [-0.2, -0.15) is 0 Å². The Morgan fingerprint density at radius 3 is 2.09 bits per heavy atom. The molecule has 0 spiro atoms. The zero-order valence-electron chi connectivity index (χ0n) is 13.8. The summed E-state index contributed by atoms with van der Waals surface area (Å²) in [5, 5.41) is 0. The van der Waals surface area contributed by atoms with Crippen molar-refractivity contribution >= 4 is 17.7 Å². The van der Waals surface area contributed by atoms with Crippen molar-refractivity contribution in [3.05, 3.63) is 47.4 Å². The van der Waals surface area contributed by atoms with Crippen molar-refractivity contribution in [2.45, 2.75) is 0 Å². The average Bonchev–Trinajstić information content (AvgIpc) is 2.94. The lowest BCUT2D eigenvalue weighted by Gasteiger charge is -2.12. The first kappa shape index (κ1) is 18.2. The van der Waals surface area contributed by atoms with Crippen molar-refractivity contribution in [2.75, 3.05) is 28.3 Å². The number of ether oxygens (including phenoxy) is 2. The molecule has 0 saturated carbocycles. The third kappa shape index (κ3) is 4.57. The number of methoxy groups -OCH3 is 2. The van der Waals surface area contributed by atoms with Crippen LogP contribution in [0.5, 0.6) is 0 Å². The summed E-state index contributed by atoms with van der Waals surface area (Å²) in [6.07, 6.45) is 4.18. The maximum Gasteiger partial charge on any atom is 0.340 e. The summed E-state index contributed by atoms with van der Waals surface area (Å²) in [4.78, 5) is 37.9.